The molecule has 3 nitrogen and oxygen atoms in total. The molecule has 1 saturated heterocycles. The van der Waals surface area contributed by atoms with E-state index in [4.69, 9.17) is 4.99 Å². The van der Waals surface area contributed by atoms with Gasteiger partial charge in [0.15, 0.2) is 0 Å². The van der Waals surface area contributed by atoms with E-state index in [0.29, 0.717) is 0 Å². The van der Waals surface area contributed by atoms with Crippen LogP contribution in [0.3, 0.4) is 0 Å². The highest BCUT2D eigenvalue weighted by Crippen LogP contribution is 2.40. The molecule has 2 aliphatic heterocycles. The van der Waals surface area contributed by atoms with Gasteiger partial charge in [0.2, 0.25) is 0 Å². The first-order valence-corrected chi connectivity index (χ1v) is 8.92. The third-order valence-electron chi connectivity index (χ3n) is 4.60. The smallest absolute Gasteiger partial charge is 0.132 e. The zero-order chi connectivity index (χ0) is 14.2. The fourth-order valence-electron chi connectivity index (χ4n) is 3.13. The number of alkyl halides is 1. The monoisotopic (exact) mass is 383 g/mol. The summed E-state index contributed by atoms with van der Waals surface area (Å²) >= 11 is 2.49. The lowest BCUT2D eigenvalue weighted by molar-refractivity contribution is 0.215. The normalized spacial score (nSPS) is 26.6. The molecule has 1 aromatic rings. The average molecular weight is 383 g/mol. The number of halogens is 1. The van der Waals surface area contributed by atoms with Crippen LogP contribution < -0.4 is 0 Å². The molecule has 2 heterocycles. The number of piperazine rings is 1. The van der Waals surface area contributed by atoms with Crippen molar-refractivity contribution in [2.45, 2.75) is 18.9 Å². The molecule has 0 N–H and O–H groups in total. The SMILES string of the molecule is CCC1(CI)N=C(N2CCN(C)CC2)c2ccccc21. The lowest BCUT2D eigenvalue weighted by Crippen LogP contribution is -2.47. The van der Waals surface area contributed by atoms with Crippen LogP contribution >= 0.6 is 22.6 Å². The summed E-state index contributed by atoms with van der Waals surface area (Å²) in [4.78, 5) is 10.1. The van der Waals surface area contributed by atoms with E-state index in [9.17, 15) is 0 Å². The van der Waals surface area contributed by atoms with E-state index >= 15 is 0 Å². The van der Waals surface area contributed by atoms with Crippen molar-refractivity contribution in [2.24, 2.45) is 4.99 Å². The van der Waals surface area contributed by atoms with Crippen molar-refractivity contribution >= 4 is 28.4 Å². The molecule has 1 fully saturated rings. The van der Waals surface area contributed by atoms with E-state index in [2.05, 4.69) is 70.6 Å². The first-order chi connectivity index (χ1) is 9.70. The number of fused-ring (bicyclic) bond motifs is 1. The van der Waals surface area contributed by atoms with Crippen LogP contribution in [0.25, 0.3) is 0 Å². The molecule has 108 valence electrons. The number of aliphatic imine (C=N–C) groups is 1. The van der Waals surface area contributed by atoms with Gasteiger partial charge in [-0.2, -0.15) is 0 Å². The van der Waals surface area contributed by atoms with Crippen LogP contribution in [0.5, 0.6) is 0 Å². The van der Waals surface area contributed by atoms with Crippen molar-refractivity contribution in [1.82, 2.24) is 9.80 Å². The Hall–Kier alpha value is -0.620. The molecule has 0 spiro atoms. The Morgan fingerprint density at radius 1 is 1.20 bits per heavy atom. The third-order valence-corrected chi connectivity index (χ3v) is 5.86. The Morgan fingerprint density at radius 2 is 1.90 bits per heavy atom. The molecule has 0 aromatic heterocycles. The van der Waals surface area contributed by atoms with E-state index in [1.165, 1.54) is 17.0 Å². The van der Waals surface area contributed by atoms with Gasteiger partial charge in [-0.05, 0) is 19.0 Å². The molecule has 1 atom stereocenters. The van der Waals surface area contributed by atoms with Crippen LogP contribution in [-0.4, -0.2) is 53.3 Å². The van der Waals surface area contributed by atoms with E-state index in [-0.39, 0.29) is 5.54 Å². The van der Waals surface area contributed by atoms with Crippen LogP contribution in [0.1, 0.15) is 24.5 Å². The van der Waals surface area contributed by atoms with Crippen molar-refractivity contribution in [1.29, 1.82) is 0 Å². The van der Waals surface area contributed by atoms with Gasteiger partial charge in [0, 0.05) is 36.2 Å². The highest BCUT2D eigenvalue weighted by molar-refractivity contribution is 14.1. The zero-order valence-electron chi connectivity index (χ0n) is 12.3. The number of hydrogen-bond donors (Lipinski definition) is 0. The third kappa shape index (κ3) is 2.26. The first kappa shape index (κ1) is 14.3. The van der Waals surface area contributed by atoms with Crippen LogP contribution in [0.2, 0.25) is 0 Å². The number of amidine groups is 1. The van der Waals surface area contributed by atoms with Crippen molar-refractivity contribution in [3.63, 3.8) is 0 Å². The van der Waals surface area contributed by atoms with Crippen LogP contribution in [0.15, 0.2) is 29.3 Å². The maximum atomic E-state index is 5.19. The van der Waals surface area contributed by atoms with Gasteiger partial charge in [0.1, 0.15) is 5.84 Å². The first-order valence-electron chi connectivity index (χ1n) is 7.39. The minimum absolute atomic E-state index is 0.00413. The fourth-order valence-corrected chi connectivity index (χ4v) is 4.25. The van der Waals surface area contributed by atoms with Gasteiger partial charge >= 0.3 is 0 Å². The predicted molar refractivity (Wildman–Crippen MR) is 92.9 cm³/mol. The Bertz CT molecular complexity index is 514. The minimum atomic E-state index is -0.00413. The average Bonchev–Trinajstić information content (AvgIpc) is 2.84. The largest absolute Gasteiger partial charge is 0.354 e. The number of hydrogen-bond acceptors (Lipinski definition) is 3. The molecule has 1 aromatic carbocycles. The van der Waals surface area contributed by atoms with Crippen LogP contribution in [-0.2, 0) is 5.54 Å². The molecule has 1 unspecified atom stereocenters. The molecule has 0 amide bonds. The number of benzene rings is 1. The van der Waals surface area contributed by atoms with Gasteiger partial charge in [-0.25, -0.2) is 0 Å². The summed E-state index contributed by atoms with van der Waals surface area (Å²) in [5, 5.41) is 0. The molecule has 0 aliphatic carbocycles. The Labute approximate surface area is 135 Å². The summed E-state index contributed by atoms with van der Waals surface area (Å²) in [5.74, 6) is 1.23. The van der Waals surface area contributed by atoms with Crippen LogP contribution in [0.4, 0.5) is 0 Å². The van der Waals surface area contributed by atoms with E-state index < -0.39 is 0 Å². The highest BCUT2D eigenvalue weighted by Gasteiger charge is 2.39. The Kier molecular flexibility index (Phi) is 4.04. The lowest BCUT2D eigenvalue weighted by Gasteiger charge is -2.34. The van der Waals surface area contributed by atoms with Gasteiger partial charge < -0.3 is 9.80 Å². The number of nitrogens with zero attached hydrogens (tertiary/aromatic N) is 3. The van der Waals surface area contributed by atoms with Gasteiger partial charge in [-0.15, -0.1) is 0 Å². The molecule has 20 heavy (non-hydrogen) atoms. The van der Waals surface area contributed by atoms with Gasteiger partial charge in [-0.3, -0.25) is 4.99 Å². The highest BCUT2D eigenvalue weighted by atomic mass is 127. The van der Waals surface area contributed by atoms with Crippen molar-refractivity contribution in [2.75, 3.05) is 37.7 Å². The summed E-state index contributed by atoms with van der Waals surface area (Å²) < 4.78 is 1.05. The molecule has 0 saturated carbocycles. The Morgan fingerprint density at radius 3 is 2.55 bits per heavy atom. The molecule has 4 heteroatoms. The topological polar surface area (TPSA) is 18.8 Å². The number of likely N-dealkylation sites (N-methyl/N-ethyl adjacent to an activating group) is 1. The quantitative estimate of drug-likeness (QED) is 0.578. The van der Waals surface area contributed by atoms with E-state index in [0.717, 1.165) is 37.0 Å². The maximum absolute atomic E-state index is 5.19. The van der Waals surface area contributed by atoms with Crippen molar-refractivity contribution < 1.29 is 0 Å². The standard InChI is InChI=1S/C16H22IN3/c1-3-16(12-17)14-7-5-4-6-13(14)15(18-16)20-10-8-19(2)9-11-20/h4-7H,3,8-12H2,1-2H3. The van der Waals surface area contributed by atoms with Crippen molar-refractivity contribution in [3.8, 4) is 0 Å². The van der Waals surface area contributed by atoms with Crippen LogP contribution in [0, 0.1) is 0 Å². The maximum Gasteiger partial charge on any atom is 0.132 e. The molecular formula is C16H22IN3. The summed E-state index contributed by atoms with van der Waals surface area (Å²) in [6.45, 7) is 6.69. The zero-order valence-corrected chi connectivity index (χ0v) is 14.4. The molecule has 0 bridgehead atoms. The van der Waals surface area contributed by atoms with Gasteiger partial charge in [0.25, 0.3) is 0 Å². The van der Waals surface area contributed by atoms with Gasteiger partial charge in [0.05, 0.1) is 5.54 Å². The predicted octanol–water partition coefficient (Wildman–Crippen LogP) is 2.73. The second kappa shape index (κ2) is 5.64. The minimum Gasteiger partial charge on any atom is -0.354 e. The molecule has 0 radical (unpaired) electrons. The summed E-state index contributed by atoms with van der Waals surface area (Å²) in [6, 6.07) is 8.81. The summed E-state index contributed by atoms with van der Waals surface area (Å²) in [6.07, 6.45) is 1.07. The fraction of sp³-hybridized carbons (Fsp3) is 0.562. The van der Waals surface area contributed by atoms with E-state index in [1.807, 2.05) is 0 Å². The second-order valence-corrected chi connectivity index (χ2v) is 6.55. The lowest BCUT2D eigenvalue weighted by atomic mass is 9.89. The van der Waals surface area contributed by atoms with Gasteiger partial charge in [-0.1, -0.05) is 53.8 Å². The molecule has 2 aliphatic rings. The van der Waals surface area contributed by atoms with E-state index in [1.54, 1.807) is 0 Å². The summed E-state index contributed by atoms with van der Waals surface area (Å²) in [7, 11) is 2.20. The Balaban J connectivity index is 1.99. The molecule has 3 rings (SSSR count). The number of rotatable bonds is 2. The van der Waals surface area contributed by atoms with Crippen molar-refractivity contribution in [3.05, 3.63) is 35.4 Å². The molecular weight excluding hydrogens is 361 g/mol. The second-order valence-electron chi connectivity index (χ2n) is 5.79. The summed E-state index contributed by atoms with van der Waals surface area (Å²) in [5.41, 5.74) is 2.77.